The van der Waals surface area contributed by atoms with Crippen LogP contribution >= 0.6 is 99.9 Å². The van der Waals surface area contributed by atoms with Crippen molar-refractivity contribution in [3.05, 3.63) is 380 Å². The van der Waals surface area contributed by atoms with E-state index in [1.807, 2.05) is 284 Å². The molecule has 0 radical (unpaired) electrons. The van der Waals surface area contributed by atoms with Crippen molar-refractivity contribution < 1.29 is 63.4 Å². The molecule has 0 aliphatic carbocycles. The van der Waals surface area contributed by atoms with E-state index in [0.717, 1.165) is 107 Å². The Kier molecular flexibility index (Phi) is 66.8. The van der Waals surface area contributed by atoms with Gasteiger partial charge in [-0.05, 0) is 181 Å². The molecule has 4 heterocycles. The summed E-state index contributed by atoms with van der Waals surface area (Å²) in [6, 6.07) is 68.9. The Morgan fingerprint density at radius 1 is 0.486 bits per heavy atom. The van der Waals surface area contributed by atoms with Crippen LogP contribution < -0.4 is 20.9 Å². The quantitative estimate of drug-likeness (QED) is 0.00757. The van der Waals surface area contributed by atoms with E-state index in [-0.39, 0.29) is 46.6 Å². The molecule has 8 N–H and O–H groups in total. The molecule has 741 valence electrons. The predicted octanol–water partition coefficient (Wildman–Crippen LogP) is 30.0. The number of nitrogens with one attached hydrogen (secondary N) is 2. The zero-order chi connectivity index (χ0) is 105. The minimum absolute atomic E-state index is 0.218. The number of nitrogens with two attached hydrogens (primary N) is 1. The van der Waals surface area contributed by atoms with Gasteiger partial charge in [0.2, 0.25) is 5.78 Å². The van der Waals surface area contributed by atoms with Crippen molar-refractivity contribution in [2.24, 2.45) is 28.2 Å². The number of anilines is 3. The molecule has 0 saturated heterocycles. The summed E-state index contributed by atoms with van der Waals surface area (Å²) in [5.74, 6) is -0.121. The standard InChI is InChI=1S/C18H18BNO2.C15H17FN2.C14H15FN2O.C12H11FN2.C11H12BNO2.C11H9FN2O.C10H9NO.7C2H6.2CH2.5HI.2V/c1-19(21)20-18-9-5-8-15-10-11-16(12-17(15)18)22-13-14-6-3-2-4-7-14;1-4-8-15(2,14-10-17-11-18(14)3)12-6-5-7-13(16)9-12;1-14(6-7-18,13-9-16-10-17(13)2)11-4-3-5-12(15)8-11;1-9(12-7-14-8-15(12)2)10-4-3-5-11(13)6-10;1-12(15)13-11-4-2-3-8-5-6-9(14)7-10(8)11;1-14-7-13-6-10(14)11(15)8-3-2-4-9(12)5-8;11-10-3-1-2-7-4-5-8(12)6-9(7)10;7*1-2;;;;;;;;;/h2-12,20-21H,13H2,1H3;4-7,9-11H,1,8H2,2-3H3;3-5,7-10H,6H2,1-2H3;3-8H,1H2,2H3;2-7,13-15H,1H3;2-7H,1H3;1-6,12H,11H2;7*1-2H3;2*1H2;5*1H;;/q;;;;;;;;;;;;;;;;;;;;;+2;+3/p-5. The molecule has 18 nitrogen and oxygen atoms in total. The summed E-state index contributed by atoms with van der Waals surface area (Å²) in [6.07, 6.45) is 17.1. The fraction of sp³-hybridized carbons (Fsp3) is 0.252. The number of aromatic nitrogens is 8. The molecule has 0 spiro atoms. The van der Waals surface area contributed by atoms with Crippen LogP contribution in [0.3, 0.4) is 0 Å². The maximum absolute atomic E-state index is 13.4. The van der Waals surface area contributed by atoms with Crippen LogP contribution in [0.15, 0.2) is 306 Å². The van der Waals surface area contributed by atoms with Crippen LogP contribution in [0.4, 0.5) is 34.6 Å². The summed E-state index contributed by atoms with van der Waals surface area (Å²) < 4.78 is 64.6. The van der Waals surface area contributed by atoms with E-state index in [2.05, 4.69) is 161 Å². The Morgan fingerprint density at radius 2 is 0.841 bits per heavy atom. The fourth-order valence-corrected chi connectivity index (χ4v) is 12.8. The van der Waals surface area contributed by atoms with Crippen molar-refractivity contribution in [3.63, 3.8) is 0 Å². The van der Waals surface area contributed by atoms with Gasteiger partial charge in [-0.2, -0.15) is 0 Å². The summed E-state index contributed by atoms with van der Waals surface area (Å²) in [7, 11) is 5.71. The monoisotopic (exact) mass is 2520 g/mol. The summed E-state index contributed by atoms with van der Waals surface area (Å²) in [4.78, 5) is 38.9. The average Bonchev–Trinajstić information content (AvgIpc) is 1.54. The molecular formula is C107H137B2F4I5N11O7V2. The van der Waals surface area contributed by atoms with Gasteiger partial charge in [0.15, 0.2) is 0 Å². The Balaban J connectivity index is 0.00000154. The number of nitrogen functional groups attached to an aromatic ring is 1. The first-order valence-corrected chi connectivity index (χ1v) is 69.6. The number of ketones is 1. The second-order valence-electron chi connectivity index (χ2n) is 28.4. The number of aldehydes is 1. The predicted molar refractivity (Wildman–Crippen MR) is 617 cm³/mol. The number of phenolic OH excluding ortho intramolecular Hbond substituents is 2. The normalized spacial score (nSPS) is 10.5. The topological polar surface area (TPSA) is 246 Å². The third kappa shape index (κ3) is 46.2. The molecule has 0 aliphatic rings. The van der Waals surface area contributed by atoms with Gasteiger partial charge in [0.25, 0.3) is 0 Å². The number of allylic oxidation sites excluding steroid dienone is 1. The first kappa shape index (κ1) is 129. The van der Waals surface area contributed by atoms with E-state index in [9.17, 15) is 47.4 Å². The third-order valence-corrected chi connectivity index (χ3v) is 18.8. The van der Waals surface area contributed by atoms with E-state index in [1.54, 1.807) is 111 Å². The average molecular weight is 2520 g/mol. The van der Waals surface area contributed by atoms with Crippen LogP contribution in [-0.4, -0.2) is 95.1 Å². The Bertz CT molecular complexity index is 5900. The van der Waals surface area contributed by atoms with Gasteiger partial charge < -0.3 is 64.3 Å². The Morgan fingerprint density at radius 3 is 1.23 bits per heavy atom. The van der Waals surface area contributed by atoms with Gasteiger partial charge in [-0.3, -0.25) is 4.79 Å². The molecule has 4 aromatic heterocycles. The van der Waals surface area contributed by atoms with Gasteiger partial charge in [0, 0.05) is 108 Å². The minimum atomic E-state index is -1.22. The Hall–Kier alpha value is -9.01. The van der Waals surface area contributed by atoms with Crippen molar-refractivity contribution in [1.82, 2.24) is 38.2 Å². The molecule has 2 unspecified atom stereocenters. The molecule has 2 atom stereocenters. The molecule has 11 aromatic carbocycles. The molecule has 15 aromatic rings. The van der Waals surface area contributed by atoms with Gasteiger partial charge in [-0.25, -0.2) is 37.5 Å². The number of imidazole rings is 4. The van der Waals surface area contributed by atoms with Crippen molar-refractivity contribution in [2.75, 3.05) is 16.2 Å². The van der Waals surface area contributed by atoms with Gasteiger partial charge in [0.1, 0.15) is 59.1 Å². The van der Waals surface area contributed by atoms with Crippen LogP contribution in [-0.2, 0) is 61.7 Å². The SMILES string of the molecule is C=C(c1cccc(F)c1)c1cncn1C.C=CCC(C)(c1cccc(F)c1)c1cncn1C.CB(O)Nc1cccc2ccc(O)cc12.CB(O)Nc1cccc2ccc(OCc3ccccc3)cc12.CC.CC.CC.CC.CC.CC.CC.Cn1cncc1C(=O)c1cccc(F)c1.Cn1cncc1C(C)(CC=O)c1cccc(F)c1.Nc1cccc2ccc(O)cc12.[CH2]=[V]([I])([I])[I].[CH2]=[V]([I])[I]. The van der Waals surface area contributed by atoms with Crippen molar-refractivity contribution in [2.45, 2.75) is 155 Å². The molecule has 0 fully saturated rings. The number of phenols is 2. The number of rotatable bonds is 19. The van der Waals surface area contributed by atoms with Crippen LogP contribution in [0.1, 0.15) is 179 Å². The molecule has 0 aliphatic heterocycles. The molecule has 0 bridgehead atoms. The van der Waals surface area contributed by atoms with Gasteiger partial charge in [-0.1, -0.05) is 243 Å². The second-order valence-corrected chi connectivity index (χ2v) is 91.4. The summed E-state index contributed by atoms with van der Waals surface area (Å²) in [5.41, 5.74) is 15.3. The number of ether oxygens (including phenoxy) is 1. The number of nitrogens with zero attached hydrogens (tertiary/aromatic N) is 8. The van der Waals surface area contributed by atoms with Gasteiger partial charge >= 0.3 is 136 Å². The zero-order valence-electron chi connectivity index (χ0n) is 83.4. The number of halogens is 9. The van der Waals surface area contributed by atoms with Crippen molar-refractivity contribution >= 4 is 191 Å². The first-order valence-electron chi connectivity index (χ1n) is 45.1. The van der Waals surface area contributed by atoms with Crippen LogP contribution in [0.2, 0.25) is 13.6 Å². The van der Waals surface area contributed by atoms with Gasteiger partial charge in [0.05, 0.1) is 43.4 Å². The number of aryl methyl sites for hydroxylation is 4. The first-order chi connectivity index (χ1) is 65.9. The fourth-order valence-electron chi connectivity index (χ4n) is 12.8. The number of carbonyl (C=O) groups is 2. The van der Waals surface area contributed by atoms with Crippen molar-refractivity contribution in [3.8, 4) is 17.2 Å². The number of carbonyl (C=O) groups excluding carboxylic acids is 2. The maximum atomic E-state index is 13.4. The number of benzene rings is 11. The summed E-state index contributed by atoms with van der Waals surface area (Å²) in [6.45, 7) is 43.7. The Labute approximate surface area is 879 Å². The van der Waals surface area contributed by atoms with Crippen LogP contribution in [0, 0.1) is 23.3 Å². The van der Waals surface area contributed by atoms with E-state index in [1.165, 1.54) is 61.1 Å². The molecule has 15 rings (SSSR count). The van der Waals surface area contributed by atoms with E-state index >= 15 is 0 Å². The van der Waals surface area contributed by atoms with E-state index < -0.39 is 36.6 Å². The number of fused-ring (bicyclic) bond motifs is 3. The van der Waals surface area contributed by atoms with E-state index in [0.29, 0.717) is 23.6 Å². The summed E-state index contributed by atoms with van der Waals surface area (Å²) >= 11 is 12.0. The number of hydrogen-bond acceptors (Lipinski definition) is 14. The van der Waals surface area contributed by atoms with Crippen LogP contribution in [0.5, 0.6) is 17.2 Å². The zero-order valence-corrected chi connectivity index (χ0v) is 96.9. The van der Waals surface area contributed by atoms with Crippen LogP contribution in [0.25, 0.3) is 37.9 Å². The number of aromatic hydroxyl groups is 2. The summed E-state index contributed by atoms with van der Waals surface area (Å²) in [5, 5.41) is 57.1. The molecule has 31 heteroatoms. The van der Waals surface area contributed by atoms with Crippen molar-refractivity contribution in [1.29, 1.82) is 0 Å². The van der Waals surface area contributed by atoms with E-state index in [4.69, 9.17) is 10.5 Å². The molecule has 138 heavy (non-hydrogen) atoms. The number of hydrogen-bond donors (Lipinski definition) is 7. The second kappa shape index (κ2) is 71.4. The van der Waals surface area contributed by atoms with Gasteiger partial charge in [-0.15, -0.1) is 6.58 Å². The molecular weight excluding hydrogens is 2390 g/mol. The third-order valence-electron chi connectivity index (χ3n) is 18.8. The molecule has 0 amide bonds. The molecule has 0 saturated carbocycles.